The molecule has 0 spiro atoms. The smallest absolute Gasteiger partial charge is 0.243 e. The third-order valence-corrected chi connectivity index (χ3v) is 2.05. The Kier molecular flexibility index (Phi) is 3.46. The lowest BCUT2D eigenvalue weighted by Crippen LogP contribution is -2.24. The van der Waals surface area contributed by atoms with Crippen molar-refractivity contribution in [3.8, 4) is 0 Å². The van der Waals surface area contributed by atoms with Gasteiger partial charge in [0, 0.05) is 0 Å². The predicted octanol–water partition coefficient (Wildman–Crippen LogP) is 2.05. The average molecular weight is 198 g/mol. The highest BCUT2D eigenvalue weighted by Gasteiger charge is 2.19. The number of nitrogens with zero attached hydrogens (tertiary/aromatic N) is 1. The van der Waals surface area contributed by atoms with Crippen LogP contribution in [0.15, 0.2) is 30.3 Å². The molecule has 0 unspecified atom stereocenters. The van der Waals surface area contributed by atoms with E-state index in [0.717, 1.165) is 5.56 Å². The first-order chi connectivity index (χ1) is 6.13. The minimum Gasteiger partial charge on any atom is -0.295 e. The van der Waals surface area contributed by atoms with Gasteiger partial charge in [0.15, 0.2) is 0 Å². The number of hydrogen-bond acceptors (Lipinski definition) is 2. The molecule has 70 valence electrons. The van der Waals surface area contributed by atoms with Gasteiger partial charge in [0.2, 0.25) is 5.24 Å². The van der Waals surface area contributed by atoms with Crippen molar-refractivity contribution in [3.05, 3.63) is 35.9 Å². The minimum absolute atomic E-state index is 0.345. The zero-order chi connectivity index (χ0) is 9.84. The third-order valence-electron chi connectivity index (χ3n) is 1.85. The first kappa shape index (κ1) is 10.2. The van der Waals surface area contributed by atoms with Crippen LogP contribution in [0.3, 0.4) is 0 Å². The zero-order valence-corrected chi connectivity index (χ0v) is 8.45. The number of carbonyl (C=O) groups excluding carboxylic acids is 1. The lowest BCUT2D eigenvalue weighted by Gasteiger charge is -2.20. The highest BCUT2D eigenvalue weighted by Crippen LogP contribution is 2.20. The van der Waals surface area contributed by atoms with Gasteiger partial charge in [-0.2, -0.15) is 0 Å². The Bertz CT molecular complexity index is 284. The maximum absolute atomic E-state index is 11.1. The van der Waals surface area contributed by atoms with Crippen LogP contribution in [0.25, 0.3) is 0 Å². The van der Waals surface area contributed by atoms with E-state index in [9.17, 15) is 4.79 Å². The van der Waals surface area contributed by atoms with Crippen LogP contribution >= 0.6 is 11.6 Å². The second-order valence-corrected chi connectivity index (χ2v) is 3.45. The van der Waals surface area contributed by atoms with Gasteiger partial charge >= 0.3 is 0 Å². The van der Waals surface area contributed by atoms with E-state index in [2.05, 4.69) is 0 Å². The number of carbonyl (C=O) groups is 1. The molecule has 0 saturated heterocycles. The highest BCUT2D eigenvalue weighted by atomic mass is 35.5. The van der Waals surface area contributed by atoms with Gasteiger partial charge < -0.3 is 0 Å². The van der Waals surface area contributed by atoms with Crippen molar-refractivity contribution in [1.29, 1.82) is 0 Å². The maximum Gasteiger partial charge on any atom is 0.243 e. The van der Waals surface area contributed by atoms with Gasteiger partial charge in [0.1, 0.15) is 6.04 Å². The van der Waals surface area contributed by atoms with Gasteiger partial charge in [-0.1, -0.05) is 30.3 Å². The van der Waals surface area contributed by atoms with Gasteiger partial charge in [-0.3, -0.25) is 9.69 Å². The van der Waals surface area contributed by atoms with Gasteiger partial charge in [-0.15, -0.1) is 0 Å². The highest BCUT2D eigenvalue weighted by molar-refractivity contribution is 6.64. The lowest BCUT2D eigenvalue weighted by atomic mass is 10.1. The standard InChI is InChI=1S/C10H12ClNO/c1-12(2)9(10(11)13)8-6-4-3-5-7-8/h3-7,9H,1-2H3/t9-/m1/s1. The predicted molar refractivity (Wildman–Crippen MR) is 53.7 cm³/mol. The topological polar surface area (TPSA) is 20.3 Å². The summed E-state index contributed by atoms with van der Waals surface area (Å²) in [6.45, 7) is 0. The van der Waals surface area contributed by atoms with Crippen molar-refractivity contribution in [2.24, 2.45) is 0 Å². The van der Waals surface area contributed by atoms with E-state index in [1.54, 1.807) is 4.90 Å². The number of benzene rings is 1. The van der Waals surface area contributed by atoms with Crippen LogP contribution in [-0.2, 0) is 4.79 Å². The molecule has 0 radical (unpaired) electrons. The van der Waals surface area contributed by atoms with Crippen LogP contribution in [0.1, 0.15) is 11.6 Å². The van der Waals surface area contributed by atoms with E-state index in [1.165, 1.54) is 0 Å². The molecule has 1 aromatic carbocycles. The van der Waals surface area contributed by atoms with E-state index < -0.39 is 0 Å². The van der Waals surface area contributed by atoms with Crippen LogP contribution < -0.4 is 0 Å². The molecular weight excluding hydrogens is 186 g/mol. The van der Waals surface area contributed by atoms with Crippen molar-refractivity contribution >= 4 is 16.8 Å². The second kappa shape index (κ2) is 4.40. The number of halogens is 1. The summed E-state index contributed by atoms with van der Waals surface area (Å²) in [7, 11) is 3.66. The molecule has 2 nitrogen and oxygen atoms in total. The average Bonchev–Trinajstić information content (AvgIpc) is 2.04. The van der Waals surface area contributed by atoms with Crippen LogP contribution in [0.2, 0.25) is 0 Å². The first-order valence-electron chi connectivity index (χ1n) is 4.03. The van der Waals surface area contributed by atoms with Gasteiger partial charge in [0.25, 0.3) is 0 Å². The molecule has 0 saturated carbocycles. The summed E-state index contributed by atoms with van der Waals surface area (Å²) < 4.78 is 0. The molecule has 1 atom stereocenters. The molecule has 0 aliphatic rings. The van der Waals surface area contributed by atoms with E-state index >= 15 is 0 Å². The van der Waals surface area contributed by atoms with Crippen LogP contribution in [-0.4, -0.2) is 24.2 Å². The Labute approximate surface area is 83.1 Å². The van der Waals surface area contributed by atoms with E-state index in [0.29, 0.717) is 0 Å². The Hall–Kier alpha value is -0.860. The van der Waals surface area contributed by atoms with Crippen molar-refractivity contribution in [3.63, 3.8) is 0 Å². The lowest BCUT2D eigenvalue weighted by molar-refractivity contribution is -0.115. The van der Waals surface area contributed by atoms with Crippen molar-refractivity contribution < 1.29 is 4.79 Å². The summed E-state index contributed by atoms with van der Waals surface area (Å²) in [5.74, 6) is 0. The number of likely N-dealkylation sites (N-methyl/N-ethyl adjacent to an activating group) is 1. The Morgan fingerprint density at radius 3 is 2.23 bits per heavy atom. The largest absolute Gasteiger partial charge is 0.295 e. The summed E-state index contributed by atoms with van der Waals surface area (Å²) >= 11 is 5.49. The summed E-state index contributed by atoms with van der Waals surface area (Å²) in [5.41, 5.74) is 0.924. The Balaban J connectivity index is 2.96. The molecular formula is C10H12ClNO. The molecule has 13 heavy (non-hydrogen) atoms. The van der Waals surface area contributed by atoms with Crippen LogP contribution in [0.4, 0.5) is 0 Å². The SMILES string of the molecule is CN(C)[C@@H](C(=O)Cl)c1ccccc1. The van der Waals surface area contributed by atoms with Gasteiger partial charge in [-0.05, 0) is 31.3 Å². The number of hydrogen-bond donors (Lipinski definition) is 0. The summed E-state index contributed by atoms with van der Waals surface area (Å²) in [6.07, 6.45) is 0. The number of rotatable bonds is 3. The van der Waals surface area contributed by atoms with Gasteiger partial charge in [-0.25, -0.2) is 0 Å². The molecule has 0 fully saturated rings. The Morgan fingerprint density at radius 2 is 1.85 bits per heavy atom. The van der Waals surface area contributed by atoms with Crippen molar-refractivity contribution in [2.45, 2.75) is 6.04 Å². The fourth-order valence-corrected chi connectivity index (χ4v) is 1.59. The monoisotopic (exact) mass is 197 g/mol. The normalized spacial score (nSPS) is 12.9. The van der Waals surface area contributed by atoms with Crippen molar-refractivity contribution in [2.75, 3.05) is 14.1 Å². The molecule has 0 amide bonds. The zero-order valence-electron chi connectivity index (χ0n) is 7.70. The third kappa shape index (κ3) is 2.54. The molecule has 0 heterocycles. The molecule has 1 aromatic rings. The fourth-order valence-electron chi connectivity index (χ4n) is 1.27. The van der Waals surface area contributed by atoms with Gasteiger partial charge in [0.05, 0.1) is 0 Å². The van der Waals surface area contributed by atoms with E-state index in [4.69, 9.17) is 11.6 Å². The molecule has 0 bridgehead atoms. The molecule has 3 heteroatoms. The summed E-state index contributed by atoms with van der Waals surface area (Å²) in [5, 5.41) is -0.351. The molecule has 0 aromatic heterocycles. The minimum atomic E-state index is -0.351. The maximum atomic E-state index is 11.1. The van der Waals surface area contributed by atoms with Crippen LogP contribution in [0, 0.1) is 0 Å². The second-order valence-electron chi connectivity index (χ2n) is 3.08. The van der Waals surface area contributed by atoms with Crippen molar-refractivity contribution in [1.82, 2.24) is 4.90 Å². The van der Waals surface area contributed by atoms with E-state index in [1.807, 2.05) is 44.4 Å². The first-order valence-corrected chi connectivity index (χ1v) is 4.41. The molecule has 1 rings (SSSR count). The Morgan fingerprint density at radius 1 is 1.31 bits per heavy atom. The quantitative estimate of drug-likeness (QED) is 0.692. The molecule has 0 aliphatic carbocycles. The molecule has 0 N–H and O–H groups in total. The van der Waals surface area contributed by atoms with E-state index in [-0.39, 0.29) is 11.3 Å². The fraction of sp³-hybridized carbons (Fsp3) is 0.300. The summed E-state index contributed by atoms with van der Waals surface area (Å²) in [4.78, 5) is 12.9. The summed E-state index contributed by atoms with van der Waals surface area (Å²) in [6, 6.07) is 9.14. The van der Waals surface area contributed by atoms with Crippen LogP contribution in [0.5, 0.6) is 0 Å². The molecule has 0 aliphatic heterocycles.